The third-order valence-corrected chi connectivity index (χ3v) is 6.75. The van der Waals surface area contributed by atoms with Gasteiger partial charge < -0.3 is 0 Å². The van der Waals surface area contributed by atoms with Crippen LogP contribution in [0.5, 0.6) is 0 Å². The molecule has 1 heteroatoms. The average molecular weight is 315 g/mol. The summed E-state index contributed by atoms with van der Waals surface area (Å²) in [5.74, 6) is 0. The molecule has 0 heterocycles. The molecule has 1 aliphatic carbocycles. The highest BCUT2D eigenvalue weighted by atomic mass is 79.9. The normalized spacial score (nSPS) is 28.1. The van der Waals surface area contributed by atoms with Gasteiger partial charge >= 0.3 is 0 Å². The maximum Gasteiger partial charge on any atom is 0.0372 e. The second-order valence-corrected chi connectivity index (χ2v) is 7.11. The summed E-state index contributed by atoms with van der Waals surface area (Å²) in [6.07, 6.45) is 0. The van der Waals surface area contributed by atoms with Crippen molar-refractivity contribution in [1.82, 2.24) is 0 Å². The SMILES string of the molecule is CC1(C)c2ccccc2C(C)(c2ccccc2)C1Br. The van der Waals surface area contributed by atoms with Crippen LogP contribution in [0.1, 0.15) is 37.5 Å². The Kier molecular flexibility index (Phi) is 2.86. The van der Waals surface area contributed by atoms with E-state index in [1.165, 1.54) is 16.7 Å². The van der Waals surface area contributed by atoms with Gasteiger partial charge in [0.15, 0.2) is 0 Å². The molecule has 0 radical (unpaired) electrons. The van der Waals surface area contributed by atoms with Gasteiger partial charge in [0.1, 0.15) is 0 Å². The molecule has 1 aliphatic rings. The summed E-state index contributed by atoms with van der Waals surface area (Å²) < 4.78 is 0. The largest absolute Gasteiger partial charge is 0.0868 e. The van der Waals surface area contributed by atoms with E-state index in [0.717, 1.165) is 0 Å². The van der Waals surface area contributed by atoms with E-state index in [9.17, 15) is 0 Å². The minimum atomic E-state index is 0.0291. The fourth-order valence-electron chi connectivity index (χ4n) is 3.58. The van der Waals surface area contributed by atoms with E-state index >= 15 is 0 Å². The van der Waals surface area contributed by atoms with Crippen molar-refractivity contribution in [2.75, 3.05) is 0 Å². The van der Waals surface area contributed by atoms with Crippen LogP contribution in [0.15, 0.2) is 54.6 Å². The molecule has 2 aromatic carbocycles. The van der Waals surface area contributed by atoms with Crippen LogP contribution in [0, 0.1) is 0 Å². The van der Waals surface area contributed by atoms with Gasteiger partial charge in [0, 0.05) is 15.7 Å². The zero-order chi connectivity index (χ0) is 13.7. The van der Waals surface area contributed by atoms with Crippen LogP contribution >= 0.6 is 15.9 Å². The zero-order valence-corrected chi connectivity index (χ0v) is 13.2. The van der Waals surface area contributed by atoms with E-state index in [4.69, 9.17) is 0 Å². The van der Waals surface area contributed by atoms with Crippen LogP contribution in [0.4, 0.5) is 0 Å². The third-order valence-electron chi connectivity index (χ3n) is 4.69. The van der Waals surface area contributed by atoms with Gasteiger partial charge in [-0.3, -0.25) is 0 Å². The van der Waals surface area contributed by atoms with Crippen LogP contribution in [0.3, 0.4) is 0 Å². The predicted octanol–water partition coefficient (Wildman–Crippen LogP) is 5.05. The molecule has 0 nitrogen and oxygen atoms in total. The highest BCUT2D eigenvalue weighted by Gasteiger charge is 2.52. The highest BCUT2D eigenvalue weighted by Crippen LogP contribution is 2.55. The average Bonchev–Trinajstić information content (AvgIpc) is 2.61. The molecule has 0 spiro atoms. The van der Waals surface area contributed by atoms with E-state index in [1.54, 1.807) is 0 Å². The van der Waals surface area contributed by atoms with E-state index in [1.807, 2.05) is 0 Å². The Balaban J connectivity index is 2.29. The van der Waals surface area contributed by atoms with Crippen LogP contribution in [0.2, 0.25) is 0 Å². The molecule has 0 aromatic heterocycles. The van der Waals surface area contributed by atoms with Gasteiger partial charge in [0.05, 0.1) is 0 Å². The van der Waals surface area contributed by atoms with E-state index in [-0.39, 0.29) is 10.8 Å². The zero-order valence-electron chi connectivity index (χ0n) is 11.7. The molecule has 0 N–H and O–H groups in total. The van der Waals surface area contributed by atoms with Crippen molar-refractivity contribution in [2.24, 2.45) is 0 Å². The van der Waals surface area contributed by atoms with Gasteiger partial charge in [-0.1, -0.05) is 91.3 Å². The first-order chi connectivity index (χ1) is 8.99. The molecule has 0 saturated heterocycles. The molecule has 3 rings (SSSR count). The van der Waals surface area contributed by atoms with Crippen molar-refractivity contribution in [1.29, 1.82) is 0 Å². The number of benzene rings is 2. The van der Waals surface area contributed by atoms with Crippen molar-refractivity contribution >= 4 is 15.9 Å². The molecule has 98 valence electrons. The first kappa shape index (κ1) is 12.9. The fraction of sp³-hybridized carbons (Fsp3) is 0.333. The number of fused-ring (bicyclic) bond motifs is 1. The standard InChI is InChI=1S/C18H19Br/c1-17(2)14-11-7-8-12-15(14)18(3,16(17)19)13-9-5-4-6-10-13/h4-12,16H,1-3H3. The van der Waals surface area contributed by atoms with Crippen molar-refractivity contribution in [3.63, 3.8) is 0 Å². The quantitative estimate of drug-likeness (QED) is 0.646. The second-order valence-electron chi connectivity index (χ2n) is 6.20. The maximum absolute atomic E-state index is 4.00. The molecule has 19 heavy (non-hydrogen) atoms. The van der Waals surface area contributed by atoms with E-state index < -0.39 is 0 Å². The Bertz CT molecular complexity index is 600. The molecule has 0 fully saturated rings. The second kappa shape index (κ2) is 4.21. The summed E-state index contributed by atoms with van der Waals surface area (Å²) in [6, 6.07) is 19.7. The minimum Gasteiger partial charge on any atom is -0.0868 e. The predicted molar refractivity (Wildman–Crippen MR) is 85.1 cm³/mol. The molecule has 0 bridgehead atoms. The van der Waals surface area contributed by atoms with Crippen LogP contribution in [-0.4, -0.2) is 4.83 Å². The van der Waals surface area contributed by atoms with Gasteiger partial charge in [0.25, 0.3) is 0 Å². The fourth-order valence-corrected chi connectivity index (χ4v) is 4.34. The summed E-state index contributed by atoms with van der Waals surface area (Å²) in [5, 5.41) is 0. The first-order valence-corrected chi connectivity index (χ1v) is 7.70. The highest BCUT2D eigenvalue weighted by molar-refractivity contribution is 9.09. The van der Waals surface area contributed by atoms with Gasteiger partial charge in [-0.25, -0.2) is 0 Å². The summed E-state index contributed by atoms with van der Waals surface area (Å²) in [7, 11) is 0. The summed E-state index contributed by atoms with van der Waals surface area (Å²) in [5.41, 5.74) is 4.47. The van der Waals surface area contributed by atoms with Gasteiger partial charge in [-0.05, 0) is 16.7 Å². The molecular weight excluding hydrogens is 296 g/mol. The van der Waals surface area contributed by atoms with Crippen LogP contribution in [-0.2, 0) is 10.8 Å². The number of hydrogen-bond acceptors (Lipinski definition) is 0. The lowest BCUT2D eigenvalue weighted by atomic mass is 9.75. The van der Waals surface area contributed by atoms with Gasteiger partial charge in [-0.15, -0.1) is 0 Å². The lowest BCUT2D eigenvalue weighted by Crippen LogP contribution is -2.37. The van der Waals surface area contributed by atoms with Gasteiger partial charge in [0.2, 0.25) is 0 Å². The lowest BCUT2D eigenvalue weighted by Gasteiger charge is -2.34. The van der Waals surface area contributed by atoms with Crippen molar-refractivity contribution < 1.29 is 0 Å². The number of alkyl halides is 1. The molecular formula is C18H19Br. The topological polar surface area (TPSA) is 0 Å². The Labute approximate surface area is 124 Å². The number of rotatable bonds is 1. The van der Waals surface area contributed by atoms with E-state index in [2.05, 4.69) is 91.3 Å². The summed E-state index contributed by atoms with van der Waals surface area (Å²) in [6.45, 7) is 7.02. The summed E-state index contributed by atoms with van der Waals surface area (Å²) >= 11 is 4.00. The molecule has 0 amide bonds. The first-order valence-electron chi connectivity index (χ1n) is 6.78. The molecule has 0 saturated carbocycles. The molecule has 2 aromatic rings. The monoisotopic (exact) mass is 314 g/mol. The number of halogens is 1. The Hall–Kier alpha value is -1.08. The van der Waals surface area contributed by atoms with Crippen LogP contribution in [0.25, 0.3) is 0 Å². The van der Waals surface area contributed by atoms with Crippen molar-refractivity contribution in [3.8, 4) is 0 Å². The Morgan fingerprint density at radius 1 is 0.789 bits per heavy atom. The Morgan fingerprint density at radius 2 is 1.32 bits per heavy atom. The smallest absolute Gasteiger partial charge is 0.0372 e. The van der Waals surface area contributed by atoms with Crippen LogP contribution < -0.4 is 0 Å². The maximum atomic E-state index is 4.00. The molecule has 0 aliphatic heterocycles. The van der Waals surface area contributed by atoms with E-state index in [0.29, 0.717) is 4.83 Å². The number of hydrogen-bond donors (Lipinski definition) is 0. The van der Waals surface area contributed by atoms with Crippen molar-refractivity contribution in [3.05, 3.63) is 71.3 Å². The Morgan fingerprint density at radius 3 is 1.95 bits per heavy atom. The summed E-state index contributed by atoms with van der Waals surface area (Å²) in [4.78, 5) is 0.396. The van der Waals surface area contributed by atoms with Gasteiger partial charge in [-0.2, -0.15) is 0 Å². The lowest BCUT2D eigenvalue weighted by molar-refractivity contribution is 0.449. The minimum absolute atomic E-state index is 0.0291. The molecule has 2 atom stereocenters. The third kappa shape index (κ3) is 1.64. The van der Waals surface area contributed by atoms with Crippen molar-refractivity contribution in [2.45, 2.75) is 36.4 Å². The molecule has 2 unspecified atom stereocenters.